The quantitative estimate of drug-likeness (QED) is 0.106. The van der Waals surface area contributed by atoms with Crippen molar-refractivity contribution >= 4 is 39.2 Å². The summed E-state index contributed by atoms with van der Waals surface area (Å²) in [5, 5.41) is 21.2. The predicted molar refractivity (Wildman–Crippen MR) is 107 cm³/mol. The standard InChI is InChI=1S/C15H19N3O10S2/c1-16-10-3-4-13(12(7-10)15(20)25-5-6-30-29-2)27-14(19)8-11(28-18(23)24)9-26-17(21)22/h3-4,7,11,16H,5-6,8-9H2,1-2H3. The van der Waals surface area contributed by atoms with E-state index in [1.54, 1.807) is 7.05 Å². The number of ether oxygens (including phenoxy) is 2. The fraction of sp³-hybridized carbons (Fsp3) is 0.467. The molecule has 13 nitrogen and oxygen atoms in total. The first-order chi connectivity index (χ1) is 14.3. The van der Waals surface area contributed by atoms with Gasteiger partial charge in [0, 0.05) is 18.5 Å². The molecule has 15 heteroatoms. The summed E-state index contributed by atoms with van der Waals surface area (Å²) in [4.78, 5) is 53.5. The molecule has 0 saturated carbocycles. The zero-order valence-electron chi connectivity index (χ0n) is 15.9. The molecule has 0 saturated heterocycles. The van der Waals surface area contributed by atoms with Gasteiger partial charge in [0.05, 0.1) is 6.42 Å². The Morgan fingerprint density at radius 1 is 1.23 bits per heavy atom. The minimum atomic E-state index is -1.58. The van der Waals surface area contributed by atoms with Crippen LogP contribution in [0.2, 0.25) is 0 Å². The molecule has 0 heterocycles. The van der Waals surface area contributed by atoms with E-state index in [2.05, 4.69) is 15.0 Å². The lowest BCUT2D eigenvalue weighted by molar-refractivity contribution is -0.789. The summed E-state index contributed by atoms with van der Waals surface area (Å²) in [6, 6.07) is 4.28. The maximum atomic E-state index is 12.4. The molecule has 0 spiro atoms. The zero-order valence-corrected chi connectivity index (χ0v) is 17.6. The molecule has 0 aliphatic heterocycles. The summed E-state index contributed by atoms with van der Waals surface area (Å²) in [7, 11) is 4.64. The van der Waals surface area contributed by atoms with Crippen molar-refractivity contribution in [3.8, 4) is 5.75 Å². The summed E-state index contributed by atoms with van der Waals surface area (Å²) in [6.45, 7) is -0.720. The predicted octanol–water partition coefficient (Wildman–Crippen LogP) is 1.98. The van der Waals surface area contributed by atoms with Gasteiger partial charge in [-0.25, -0.2) is 4.79 Å². The Bertz CT molecular complexity index is 764. The number of nitrogens with one attached hydrogen (secondary N) is 1. The van der Waals surface area contributed by atoms with E-state index in [9.17, 15) is 29.8 Å². The third-order valence-corrected chi connectivity index (χ3v) is 5.00. The van der Waals surface area contributed by atoms with Crippen LogP contribution < -0.4 is 10.1 Å². The van der Waals surface area contributed by atoms with Crippen molar-refractivity contribution in [3.63, 3.8) is 0 Å². The normalized spacial score (nSPS) is 11.1. The second-order valence-electron chi connectivity index (χ2n) is 5.23. The summed E-state index contributed by atoms with van der Waals surface area (Å²) < 4.78 is 10.3. The van der Waals surface area contributed by atoms with E-state index in [0.717, 1.165) is 0 Å². The molecule has 0 amide bonds. The number of carbonyl (C=O) groups excluding carboxylic acids is 2. The highest BCUT2D eigenvalue weighted by Crippen LogP contribution is 2.25. The van der Waals surface area contributed by atoms with Gasteiger partial charge in [-0.05, 0) is 24.5 Å². The molecule has 30 heavy (non-hydrogen) atoms. The lowest BCUT2D eigenvalue weighted by Crippen LogP contribution is -2.29. The van der Waals surface area contributed by atoms with Gasteiger partial charge < -0.3 is 24.5 Å². The largest absolute Gasteiger partial charge is 0.461 e. The topological polar surface area (TPSA) is 169 Å². The molecule has 0 aromatic heterocycles. The average Bonchev–Trinajstić information content (AvgIpc) is 2.69. The molecule has 1 rings (SSSR count). The molecular formula is C15H19N3O10S2. The van der Waals surface area contributed by atoms with Gasteiger partial charge in [-0.15, -0.1) is 20.2 Å². The van der Waals surface area contributed by atoms with Crippen molar-refractivity contribution in [3.05, 3.63) is 44.0 Å². The van der Waals surface area contributed by atoms with E-state index in [1.807, 2.05) is 6.26 Å². The minimum Gasteiger partial charge on any atom is -0.461 e. The van der Waals surface area contributed by atoms with Gasteiger partial charge in [-0.1, -0.05) is 21.6 Å². The van der Waals surface area contributed by atoms with E-state index in [0.29, 0.717) is 11.4 Å². The van der Waals surface area contributed by atoms with Gasteiger partial charge in [-0.2, -0.15) is 0 Å². The maximum absolute atomic E-state index is 12.4. The van der Waals surface area contributed by atoms with Gasteiger partial charge in [0.15, 0.2) is 0 Å². The lowest BCUT2D eigenvalue weighted by Gasteiger charge is -2.15. The number of benzene rings is 1. The molecule has 0 bridgehead atoms. The summed E-state index contributed by atoms with van der Waals surface area (Å²) in [5.74, 6) is -1.34. The molecule has 166 valence electrons. The summed E-state index contributed by atoms with van der Waals surface area (Å²) in [5.41, 5.74) is 0.506. The Labute approximate surface area is 178 Å². The minimum absolute atomic E-state index is 0.0439. The van der Waals surface area contributed by atoms with Crippen LogP contribution >= 0.6 is 21.6 Å². The first kappa shape index (κ1) is 25.1. The van der Waals surface area contributed by atoms with Crippen LogP contribution in [0, 0.1) is 20.2 Å². The molecule has 0 aliphatic carbocycles. The van der Waals surface area contributed by atoms with E-state index >= 15 is 0 Å². The van der Waals surface area contributed by atoms with Crippen molar-refractivity contribution in [2.75, 3.05) is 37.6 Å². The number of nitrogens with zero attached hydrogens (tertiary/aromatic N) is 2. The molecular weight excluding hydrogens is 446 g/mol. The van der Waals surface area contributed by atoms with Crippen LogP contribution in [-0.4, -0.2) is 60.5 Å². The number of hydrogen-bond acceptors (Lipinski definition) is 13. The van der Waals surface area contributed by atoms with Crippen LogP contribution in [-0.2, 0) is 19.2 Å². The zero-order chi connectivity index (χ0) is 22.5. The number of carbonyl (C=O) groups is 2. The van der Waals surface area contributed by atoms with Crippen LogP contribution in [0.5, 0.6) is 5.75 Å². The molecule has 0 radical (unpaired) electrons. The lowest BCUT2D eigenvalue weighted by atomic mass is 10.1. The second-order valence-corrected chi connectivity index (χ2v) is 7.92. The summed E-state index contributed by atoms with van der Waals surface area (Å²) >= 11 is 0. The molecule has 1 aromatic rings. The van der Waals surface area contributed by atoms with Crippen LogP contribution in [0.3, 0.4) is 0 Å². The number of anilines is 1. The molecule has 1 atom stereocenters. The van der Waals surface area contributed by atoms with Gasteiger partial charge in [0.2, 0.25) is 0 Å². The van der Waals surface area contributed by atoms with Crippen LogP contribution in [0.25, 0.3) is 0 Å². The highest BCUT2D eigenvalue weighted by molar-refractivity contribution is 8.76. The van der Waals surface area contributed by atoms with E-state index in [4.69, 9.17) is 9.47 Å². The Morgan fingerprint density at radius 2 is 1.97 bits per heavy atom. The van der Waals surface area contributed by atoms with Crippen LogP contribution in [0.15, 0.2) is 18.2 Å². The van der Waals surface area contributed by atoms with Crippen molar-refractivity contribution in [1.82, 2.24) is 0 Å². The highest BCUT2D eigenvalue weighted by Gasteiger charge is 2.23. The third kappa shape index (κ3) is 9.51. The molecule has 1 N–H and O–H groups in total. The second kappa shape index (κ2) is 13.3. The van der Waals surface area contributed by atoms with Crippen molar-refractivity contribution in [2.24, 2.45) is 0 Å². The smallest absolute Gasteiger partial charge is 0.342 e. The average molecular weight is 465 g/mol. The Hall–Kier alpha value is -2.94. The van der Waals surface area contributed by atoms with Crippen LogP contribution in [0.1, 0.15) is 16.8 Å². The fourth-order valence-corrected chi connectivity index (χ4v) is 3.03. The number of esters is 2. The Balaban J connectivity index is 2.87. The van der Waals surface area contributed by atoms with Crippen molar-refractivity contribution in [1.29, 1.82) is 0 Å². The Kier molecular flexibility index (Phi) is 11.1. The Morgan fingerprint density at radius 3 is 2.57 bits per heavy atom. The molecule has 1 aromatic carbocycles. The van der Waals surface area contributed by atoms with Crippen molar-refractivity contribution < 1.29 is 38.9 Å². The van der Waals surface area contributed by atoms with Crippen molar-refractivity contribution in [2.45, 2.75) is 12.5 Å². The van der Waals surface area contributed by atoms with E-state index in [1.165, 1.54) is 39.8 Å². The first-order valence-corrected chi connectivity index (χ1v) is 10.9. The molecule has 0 aliphatic rings. The van der Waals surface area contributed by atoms with E-state index in [-0.39, 0.29) is 17.9 Å². The molecule has 0 fully saturated rings. The number of hydrogen-bond donors (Lipinski definition) is 1. The highest BCUT2D eigenvalue weighted by atomic mass is 33.1. The van der Waals surface area contributed by atoms with Crippen LogP contribution in [0.4, 0.5) is 5.69 Å². The van der Waals surface area contributed by atoms with Gasteiger partial charge >= 0.3 is 11.9 Å². The van der Waals surface area contributed by atoms with Gasteiger partial charge in [0.25, 0.3) is 10.2 Å². The van der Waals surface area contributed by atoms with Gasteiger partial charge in [0.1, 0.15) is 30.6 Å². The first-order valence-electron chi connectivity index (χ1n) is 8.20. The maximum Gasteiger partial charge on any atom is 0.342 e. The van der Waals surface area contributed by atoms with Gasteiger partial charge in [-0.3, -0.25) is 4.79 Å². The molecule has 1 unspecified atom stereocenters. The third-order valence-electron chi connectivity index (χ3n) is 3.22. The fourth-order valence-electron chi connectivity index (χ4n) is 2.01. The summed E-state index contributed by atoms with van der Waals surface area (Å²) in [6.07, 6.45) is -0.428. The monoisotopic (exact) mass is 465 g/mol. The number of rotatable bonds is 14. The van der Waals surface area contributed by atoms with E-state index < -0.39 is 41.2 Å². The SMILES string of the molecule is CNc1ccc(OC(=O)CC(CO[N+](=O)[O-])O[N+](=O)[O-])c(C(=O)OCCSSC)c1.